The minimum absolute atomic E-state index is 0.0981. The van der Waals surface area contributed by atoms with Crippen LogP contribution in [0, 0.1) is 13.8 Å². The van der Waals surface area contributed by atoms with Crippen LogP contribution in [0.4, 0.5) is 0 Å². The Bertz CT molecular complexity index is 833. The zero-order valence-corrected chi connectivity index (χ0v) is 18.0. The summed E-state index contributed by atoms with van der Waals surface area (Å²) in [6, 6.07) is 7.07. The van der Waals surface area contributed by atoms with Crippen LogP contribution in [0.5, 0.6) is 0 Å². The van der Waals surface area contributed by atoms with E-state index in [4.69, 9.17) is 27.6 Å². The number of carbonyl (C=O) groups is 2. The Hall–Kier alpha value is -1.98. The van der Waals surface area contributed by atoms with Gasteiger partial charge in [-0.25, -0.2) is 0 Å². The number of nitrogens with zero attached hydrogens (tertiary/aromatic N) is 1. The zero-order valence-electron chi connectivity index (χ0n) is 16.5. The molecule has 0 saturated carbocycles. The molecular formula is C21H26Cl2N2O3. The SMILES string of the molecule is CCCN(CCC(=O)NCCc1ccc(Cl)cc1Cl)C(=O)c1cc(C)oc1C. The predicted molar refractivity (Wildman–Crippen MR) is 112 cm³/mol. The van der Waals surface area contributed by atoms with Crippen molar-refractivity contribution in [2.24, 2.45) is 0 Å². The molecule has 1 N–H and O–H groups in total. The average molecular weight is 425 g/mol. The van der Waals surface area contributed by atoms with Crippen molar-refractivity contribution in [3.63, 3.8) is 0 Å². The topological polar surface area (TPSA) is 62.6 Å². The van der Waals surface area contributed by atoms with Crippen molar-refractivity contribution < 1.29 is 14.0 Å². The van der Waals surface area contributed by atoms with E-state index in [1.807, 2.05) is 19.9 Å². The van der Waals surface area contributed by atoms with E-state index in [9.17, 15) is 9.59 Å². The number of hydrogen-bond acceptors (Lipinski definition) is 3. The number of amides is 2. The van der Waals surface area contributed by atoms with Gasteiger partial charge in [-0.05, 0) is 50.5 Å². The summed E-state index contributed by atoms with van der Waals surface area (Å²) < 4.78 is 5.46. The summed E-state index contributed by atoms with van der Waals surface area (Å²) in [5.41, 5.74) is 1.49. The third-order valence-electron chi connectivity index (χ3n) is 4.39. The summed E-state index contributed by atoms with van der Waals surface area (Å²) in [6.07, 6.45) is 1.68. The first-order chi connectivity index (χ1) is 13.3. The van der Waals surface area contributed by atoms with E-state index >= 15 is 0 Å². The van der Waals surface area contributed by atoms with E-state index in [1.54, 1.807) is 30.0 Å². The normalized spacial score (nSPS) is 10.8. The Morgan fingerprint density at radius 1 is 1.14 bits per heavy atom. The Labute approximate surface area is 176 Å². The highest BCUT2D eigenvalue weighted by Gasteiger charge is 2.20. The van der Waals surface area contributed by atoms with Gasteiger partial charge in [0.15, 0.2) is 0 Å². The molecule has 0 fully saturated rings. The number of benzene rings is 1. The first kappa shape index (κ1) is 22.3. The van der Waals surface area contributed by atoms with Crippen LogP contribution in [0.3, 0.4) is 0 Å². The Kier molecular flexibility index (Phi) is 8.39. The van der Waals surface area contributed by atoms with Crippen LogP contribution in [0.15, 0.2) is 28.7 Å². The van der Waals surface area contributed by atoms with Gasteiger partial charge < -0.3 is 14.6 Å². The summed E-state index contributed by atoms with van der Waals surface area (Å²) >= 11 is 12.0. The summed E-state index contributed by atoms with van der Waals surface area (Å²) in [5.74, 6) is 1.11. The third-order valence-corrected chi connectivity index (χ3v) is 4.98. The number of rotatable bonds is 9. The summed E-state index contributed by atoms with van der Waals surface area (Å²) in [7, 11) is 0. The maximum Gasteiger partial charge on any atom is 0.257 e. The molecule has 2 rings (SSSR count). The molecule has 0 atom stereocenters. The van der Waals surface area contributed by atoms with E-state index in [0.717, 1.165) is 12.0 Å². The molecule has 1 heterocycles. The van der Waals surface area contributed by atoms with E-state index in [-0.39, 0.29) is 18.2 Å². The molecule has 1 aromatic carbocycles. The van der Waals surface area contributed by atoms with Gasteiger partial charge >= 0.3 is 0 Å². The maximum atomic E-state index is 12.8. The van der Waals surface area contributed by atoms with Crippen molar-refractivity contribution in [2.45, 2.75) is 40.0 Å². The quantitative estimate of drug-likeness (QED) is 0.628. The Morgan fingerprint density at radius 3 is 2.50 bits per heavy atom. The number of carbonyl (C=O) groups excluding carboxylic acids is 2. The van der Waals surface area contributed by atoms with Crippen molar-refractivity contribution in [3.05, 3.63) is 57.0 Å². The molecule has 0 aliphatic carbocycles. The molecule has 2 aromatic rings. The second kappa shape index (κ2) is 10.5. The first-order valence-electron chi connectivity index (χ1n) is 9.38. The molecule has 2 amide bonds. The van der Waals surface area contributed by atoms with Gasteiger partial charge in [-0.1, -0.05) is 36.2 Å². The van der Waals surface area contributed by atoms with Gasteiger partial charge in [0.25, 0.3) is 5.91 Å². The minimum atomic E-state index is -0.100. The fourth-order valence-corrected chi connectivity index (χ4v) is 3.49. The summed E-state index contributed by atoms with van der Waals surface area (Å²) in [4.78, 5) is 26.6. The highest BCUT2D eigenvalue weighted by atomic mass is 35.5. The lowest BCUT2D eigenvalue weighted by Gasteiger charge is -2.21. The van der Waals surface area contributed by atoms with Crippen molar-refractivity contribution in [2.75, 3.05) is 19.6 Å². The number of aryl methyl sites for hydroxylation is 2. The van der Waals surface area contributed by atoms with Gasteiger partial charge in [0.2, 0.25) is 5.91 Å². The second-order valence-electron chi connectivity index (χ2n) is 6.70. The zero-order chi connectivity index (χ0) is 20.7. The molecule has 0 radical (unpaired) electrons. The molecule has 0 saturated heterocycles. The van der Waals surface area contributed by atoms with Gasteiger partial charge in [-0.3, -0.25) is 9.59 Å². The lowest BCUT2D eigenvalue weighted by atomic mass is 10.1. The van der Waals surface area contributed by atoms with Crippen molar-refractivity contribution in [1.29, 1.82) is 0 Å². The maximum absolute atomic E-state index is 12.8. The lowest BCUT2D eigenvalue weighted by molar-refractivity contribution is -0.121. The fourth-order valence-electron chi connectivity index (χ4n) is 2.98. The monoisotopic (exact) mass is 424 g/mol. The highest BCUT2D eigenvalue weighted by Crippen LogP contribution is 2.21. The second-order valence-corrected chi connectivity index (χ2v) is 7.55. The van der Waals surface area contributed by atoms with Crippen LogP contribution in [0.2, 0.25) is 10.0 Å². The standard InChI is InChI=1S/C21H26Cl2N2O3/c1-4-10-25(21(27)18-12-14(2)28-15(18)3)11-8-20(26)24-9-7-16-5-6-17(22)13-19(16)23/h5-6,12-13H,4,7-11H2,1-3H3,(H,24,26). The smallest absolute Gasteiger partial charge is 0.257 e. The van der Waals surface area contributed by atoms with Gasteiger partial charge in [0.1, 0.15) is 11.5 Å². The third kappa shape index (κ3) is 6.28. The van der Waals surface area contributed by atoms with E-state index in [1.165, 1.54) is 0 Å². The lowest BCUT2D eigenvalue weighted by Crippen LogP contribution is -2.36. The molecule has 5 nitrogen and oxygen atoms in total. The van der Waals surface area contributed by atoms with Crippen LogP contribution in [0.1, 0.15) is 47.2 Å². The molecule has 0 aliphatic heterocycles. The fraction of sp³-hybridized carbons (Fsp3) is 0.429. The molecule has 7 heteroatoms. The van der Waals surface area contributed by atoms with Crippen LogP contribution in [-0.4, -0.2) is 36.3 Å². The highest BCUT2D eigenvalue weighted by molar-refractivity contribution is 6.35. The van der Waals surface area contributed by atoms with Gasteiger partial charge in [-0.15, -0.1) is 0 Å². The van der Waals surface area contributed by atoms with Gasteiger partial charge in [0.05, 0.1) is 5.56 Å². The number of furan rings is 1. The van der Waals surface area contributed by atoms with Crippen molar-refractivity contribution in [3.8, 4) is 0 Å². The molecule has 0 unspecified atom stereocenters. The molecular weight excluding hydrogens is 399 g/mol. The molecule has 0 aliphatic rings. The molecule has 0 spiro atoms. The number of halogens is 2. The predicted octanol–water partition coefficient (Wildman–Crippen LogP) is 4.80. The van der Waals surface area contributed by atoms with E-state index in [0.29, 0.717) is 53.2 Å². The largest absolute Gasteiger partial charge is 0.466 e. The molecule has 1 aromatic heterocycles. The van der Waals surface area contributed by atoms with E-state index in [2.05, 4.69) is 5.32 Å². The molecule has 0 bridgehead atoms. The van der Waals surface area contributed by atoms with Gasteiger partial charge in [-0.2, -0.15) is 0 Å². The van der Waals surface area contributed by atoms with Crippen LogP contribution < -0.4 is 5.32 Å². The average Bonchev–Trinajstić information content (AvgIpc) is 2.98. The minimum Gasteiger partial charge on any atom is -0.466 e. The van der Waals surface area contributed by atoms with Crippen LogP contribution in [0.25, 0.3) is 0 Å². The first-order valence-corrected chi connectivity index (χ1v) is 10.1. The summed E-state index contributed by atoms with van der Waals surface area (Å²) in [5, 5.41) is 4.05. The number of nitrogens with one attached hydrogen (secondary N) is 1. The molecule has 28 heavy (non-hydrogen) atoms. The van der Waals surface area contributed by atoms with Gasteiger partial charge in [0, 0.05) is 36.1 Å². The van der Waals surface area contributed by atoms with Crippen molar-refractivity contribution >= 4 is 35.0 Å². The number of hydrogen-bond donors (Lipinski definition) is 1. The van der Waals surface area contributed by atoms with Crippen LogP contribution in [-0.2, 0) is 11.2 Å². The van der Waals surface area contributed by atoms with Crippen molar-refractivity contribution in [1.82, 2.24) is 10.2 Å². The Balaban J connectivity index is 1.84. The van der Waals surface area contributed by atoms with E-state index < -0.39 is 0 Å². The summed E-state index contributed by atoms with van der Waals surface area (Å²) in [6.45, 7) is 7.03. The van der Waals surface area contributed by atoms with Crippen LogP contribution >= 0.6 is 23.2 Å². The Morgan fingerprint density at radius 2 is 1.89 bits per heavy atom. The molecule has 152 valence electrons.